The molecule has 0 aromatic rings. The molecular formula is C13H28O4SSi. The lowest BCUT2D eigenvalue weighted by atomic mass is 10.1. The van der Waals surface area contributed by atoms with E-state index in [0.717, 1.165) is 37.5 Å². The third-order valence-electron chi connectivity index (χ3n) is 3.23. The minimum absolute atomic E-state index is 0.522. The number of ether oxygens (including phenoxy) is 1. The van der Waals surface area contributed by atoms with Crippen molar-refractivity contribution in [3.8, 4) is 0 Å². The van der Waals surface area contributed by atoms with Crippen LogP contribution in [0.25, 0.3) is 0 Å². The molecule has 1 aliphatic rings. The van der Waals surface area contributed by atoms with Crippen molar-refractivity contribution in [1.82, 2.24) is 0 Å². The van der Waals surface area contributed by atoms with Crippen molar-refractivity contribution in [3.05, 3.63) is 0 Å². The fraction of sp³-hybridized carbons (Fsp3) is 1.00. The highest BCUT2D eigenvalue weighted by Crippen LogP contribution is 2.38. The number of hydrogen-bond donors (Lipinski definition) is 1. The Morgan fingerprint density at radius 3 is 2.37 bits per heavy atom. The first-order valence-electron chi connectivity index (χ1n) is 7.38. The van der Waals surface area contributed by atoms with Gasteiger partial charge >= 0.3 is 8.80 Å². The Bertz CT molecular complexity index is 239. The molecule has 0 N–H and O–H groups in total. The van der Waals surface area contributed by atoms with Gasteiger partial charge in [0.2, 0.25) is 0 Å². The van der Waals surface area contributed by atoms with E-state index in [1.807, 2.05) is 20.8 Å². The SMILES string of the molecule is CCOC1(CCCS)CCC[Si](OCC)(OCC)O1. The highest BCUT2D eigenvalue weighted by molar-refractivity contribution is 7.80. The zero-order valence-electron chi connectivity index (χ0n) is 12.4. The first kappa shape index (κ1) is 17.5. The summed E-state index contributed by atoms with van der Waals surface area (Å²) in [4.78, 5) is 0. The first-order valence-corrected chi connectivity index (χ1v) is 9.95. The van der Waals surface area contributed by atoms with Crippen LogP contribution in [-0.4, -0.2) is 40.2 Å². The molecule has 114 valence electrons. The molecule has 0 aromatic carbocycles. The zero-order valence-corrected chi connectivity index (χ0v) is 14.3. The molecule has 1 aliphatic heterocycles. The lowest BCUT2D eigenvalue weighted by Crippen LogP contribution is -2.57. The van der Waals surface area contributed by atoms with Gasteiger partial charge in [-0.3, -0.25) is 0 Å². The molecule has 0 amide bonds. The number of hydrogen-bond acceptors (Lipinski definition) is 5. The summed E-state index contributed by atoms with van der Waals surface area (Å²) in [5.41, 5.74) is 0. The monoisotopic (exact) mass is 308 g/mol. The van der Waals surface area contributed by atoms with Gasteiger partial charge in [0.1, 0.15) is 0 Å². The van der Waals surface area contributed by atoms with E-state index in [1.54, 1.807) is 0 Å². The van der Waals surface area contributed by atoms with Gasteiger partial charge in [0, 0.05) is 38.7 Å². The molecule has 1 saturated heterocycles. The maximum Gasteiger partial charge on any atom is 0.503 e. The smallest absolute Gasteiger partial charge is 0.374 e. The summed E-state index contributed by atoms with van der Waals surface area (Å²) in [6.45, 7) is 7.88. The van der Waals surface area contributed by atoms with Gasteiger partial charge in [-0.05, 0) is 39.4 Å². The van der Waals surface area contributed by atoms with E-state index in [1.165, 1.54) is 0 Å². The lowest BCUT2D eigenvalue weighted by molar-refractivity contribution is -0.225. The summed E-state index contributed by atoms with van der Waals surface area (Å²) in [6.07, 6.45) is 3.80. The second-order valence-corrected chi connectivity index (χ2v) is 7.77. The standard InChI is InChI=1S/C13H28O4SSi/c1-4-14-13(9-7-11-18)10-8-12-19(17-13,15-5-2)16-6-3/h18H,4-12H2,1-3H3. The average Bonchev–Trinajstić information content (AvgIpc) is 2.38. The van der Waals surface area contributed by atoms with Crippen LogP contribution in [0.3, 0.4) is 0 Å². The maximum atomic E-state index is 6.32. The molecule has 19 heavy (non-hydrogen) atoms. The van der Waals surface area contributed by atoms with Gasteiger partial charge in [-0.2, -0.15) is 12.6 Å². The van der Waals surface area contributed by atoms with Crippen molar-refractivity contribution < 1.29 is 18.0 Å². The van der Waals surface area contributed by atoms with Crippen LogP contribution in [0.1, 0.15) is 46.5 Å². The summed E-state index contributed by atoms with van der Waals surface area (Å²) in [6, 6.07) is 0.893. The van der Waals surface area contributed by atoms with E-state index in [-0.39, 0.29) is 0 Å². The first-order chi connectivity index (χ1) is 9.16. The molecule has 4 nitrogen and oxygen atoms in total. The number of rotatable bonds is 9. The second-order valence-electron chi connectivity index (χ2n) is 4.68. The maximum absolute atomic E-state index is 6.32. The average molecular weight is 309 g/mol. The van der Waals surface area contributed by atoms with Gasteiger partial charge in [-0.15, -0.1) is 0 Å². The van der Waals surface area contributed by atoms with E-state index in [0.29, 0.717) is 19.8 Å². The molecule has 0 aromatic heterocycles. The highest BCUT2D eigenvalue weighted by atomic mass is 32.1. The van der Waals surface area contributed by atoms with Crippen LogP contribution in [0.15, 0.2) is 0 Å². The minimum Gasteiger partial charge on any atom is -0.374 e. The van der Waals surface area contributed by atoms with Gasteiger partial charge in [0.25, 0.3) is 0 Å². The lowest BCUT2D eigenvalue weighted by Gasteiger charge is -2.44. The predicted molar refractivity (Wildman–Crippen MR) is 81.6 cm³/mol. The third kappa shape index (κ3) is 5.02. The minimum atomic E-state index is -2.56. The highest BCUT2D eigenvalue weighted by Gasteiger charge is 2.52. The Morgan fingerprint density at radius 1 is 1.16 bits per heavy atom. The molecule has 1 unspecified atom stereocenters. The van der Waals surface area contributed by atoms with E-state index in [2.05, 4.69) is 12.6 Å². The molecule has 0 radical (unpaired) electrons. The molecule has 1 rings (SSSR count). The van der Waals surface area contributed by atoms with Crippen LogP contribution in [0.2, 0.25) is 6.04 Å². The van der Waals surface area contributed by atoms with Gasteiger partial charge < -0.3 is 18.0 Å². The van der Waals surface area contributed by atoms with E-state index >= 15 is 0 Å². The summed E-state index contributed by atoms with van der Waals surface area (Å²) in [5.74, 6) is 0.322. The summed E-state index contributed by atoms with van der Waals surface area (Å²) in [7, 11) is -2.56. The molecule has 0 spiro atoms. The molecule has 0 aliphatic carbocycles. The van der Waals surface area contributed by atoms with Gasteiger partial charge in [-0.25, -0.2) is 0 Å². The van der Waals surface area contributed by atoms with Crippen LogP contribution in [0, 0.1) is 0 Å². The van der Waals surface area contributed by atoms with Crippen molar-refractivity contribution in [2.45, 2.75) is 58.3 Å². The molecule has 0 saturated carbocycles. The Morgan fingerprint density at radius 2 is 1.84 bits per heavy atom. The molecule has 1 heterocycles. The van der Waals surface area contributed by atoms with Crippen LogP contribution in [0.5, 0.6) is 0 Å². The van der Waals surface area contributed by atoms with Crippen molar-refractivity contribution in [2.24, 2.45) is 0 Å². The Labute approximate surface area is 123 Å². The fourth-order valence-corrected chi connectivity index (χ4v) is 5.68. The molecule has 1 atom stereocenters. The zero-order chi connectivity index (χ0) is 14.2. The molecule has 6 heteroatoms. The summed E-state index contributed by atoms with van der Waals surface area (Å²) < 4.78 is 24.0. The van der Waals surface area contributed by atoms with Crippen molar-refractivity contribution in [3.63, 3.8) is 0 Å². The van der Waals surface area contributed by atoms with Crippen molar-refractivity contribution in [1.29, 1.82) is 0 Å². The van der Waals surface area contributed by atoms with Gasteiger partial charge in [-0.1, -0.05) is 0 Å². The molecular weight excluding hydrogens is 280 g/mol. The van der Waals surface area contributed by atoms with Crippen LogP contribution in [-0.2, 0) is 18.0 Å². The Hall–Kier alpha value is 0.407. The quantitative estimate of drug-likeness (QED) is 0.524. The normalized spacial score (nSPS) is 26.5. The predicted octanol–water partition coefficient (Wildman–Crippen LogP) is 3.25. The number of thiol groups is 1. The Kier molecular flexibility index (Phi) is 7.94. The van der Waals surface area contributed by atoms with E-state index in [4.69, 9.17) is 18.0 Å². The summed E-state index contributed by atoms with van der Waals surface area (Å²) in [5, 5.41) is 0. The van der Waals surface area contributed by atoms with Crippen molar-refractivity contribution in [2.75, 3.05) is 25.6 Å². The van der Waals surface area contributed by atoms with E-state index < -0.39 is 14.6 Å². The molecule has 0 bridgehead atoms. The second kappa shape index (κ2) is 8.64. The van der Waals surface area contributed by atoms with Crippen LogP contribution >= 0.6 is 12.6 Å². The van der Waals surface area contributed by atoms with E-state index in [9.17, 15) is 0 Å². The Balaban J connectivity index is 2.80. The van der Waals surface area contributed by atoms with Gasteiger partial charge in [0.05, 0.1) is 0 Å². The fourth-order valence-electron chi connectivity index (χ4n) is 2.61. The van der Waals surface area contributed by atoms with Gasteiger partial charge in [0.15, 0.2) is 5.79 Å². The summed E-state index contributed by atoms with van der Waals surface area (Å²) >= 11 is 4.29. The molecule has 1 fully saturated rings. The third-order valence-corrected chi connectivity index (χ3v) is 6.66. The van der Waals surface area contributed by atoms with Crippen LogP contribution < -0.4 is 0 Å². The van der Waals surface area contributed by atoms with Crippen molar-refractivity contribution >= 4 is 21.4 Å². The largest absolute Gasteiger partial charge is 0.503 e. The topological polar surface area (TPSA) is 36.9 Å². The van der Waals surface area contributed by atoms with Crippen LogP contribution in [0.4, 0.5) is 0 Å².